The lowest BCUT2D eigenvalue weighted by molar-refractivity contribution is -0.255. The Morgan fingerprint density at radius 1 is 1.28 bits per heavy atom. The van der Waals surface area contributed by atoms with Crippen LogP contribution in [0.5, 0.6) is 5.75 Å². The van der Waals surface area contributed by atoms with Gasteiger partial charge in [-0.1, -0.05) is 11.6 Å². The second-order valence-electron chi connectivity index (χ2n) is 6.00. The summed E-state index contributed by atoms with van der Waals surface area (Å²) in [6.07, 6.45) is 2.00. The Morgan fingerprint density at radius 3 is 2.66 bits per heavy atom. The number of halogens is 3. The van der Waals surface area contributed by atoms with E-state index >= 15 is 0 Å². The van der Waals surface area contributed by atoms with E-state index in [9.17, 15) is 23.5 Å². The van der Waals surface area contributed by atoms with Crippen LogP contribution in [-0.2, 0) is 6.58 Å². The van der Waals surface area contributed by atoms with Crippen LogP contribution in [0.15, 0.2) is 35.4 Å². The van der Waals surface area contributed by atoms with Gasteiger partial charge in [-0.2, -0.15) is 0 Å². The molecule has 0 aromatic carbocycles. The summed E-state index contributed by atoms with van der Waals surface area (Å²) < 4.78 is 41.2. The summed E-state index contributed by atoms with van der Waals surface area (Å²) in [7, 11) is 0. The van der Waals surface area contributed by atoms with Crippen LogP contribution in [0.1, 0.15) is 28.8 Å². The Balaban J connectivity index is 2.05. The van der Waals surface area contributed by atoms with E-state index in [0.717, 1.165) is 10.8 Å². The van der Waals surface area contributed by atoms with Crippen LogP contribution in [0.3, 0.4) is 0 Å². The molecule has 0 saturated carbocycles. The number of aromatic carboxylic acids is 1. The highest BCUT2D eigenvalue weighted by Crippen LogP contribution is 2.25. The molecular formula is C19H13ClF2N3O4-. The molecule has 3 aromatic rings. The maximum atomic E-state index is 13.8. The summed E-state index contributed by atoms with van der Waals surface area (Å²) in [6, 6.07) is 3.05. The average molecular weight is 422 g/mol. The molecule has 29 heavy (non-hydrogen) atoms. The SMILES string of the molecule is [2H]C(Oc1cc(C)n(-c2cc(C(=O)[O-])ncc2C)c(=O)c1Cl)c1ncc(F)cc1F. The monoisotopic (exact) mass is 421 g/mol. The maximum Gasteiger partial charge on any atom is 0.277 e. The first-order valence-corrected chi connectivity index (χ1v) is 8.48. The van der Waals surface area contributed by atoms with Crippen LogP contribution < -0.4 is 15.4 Å². The quantitative estimate of drug-likeness (QED) is 0.626. The fourth-order valence-corrected chi connectivity index (χ4v) is 2.75. The van der Waals surface area contributed by atoms with Gasteiger partial charge in [0.15, 0.2) is 5.82 Å². The molecule has 7 nitrogen and oxygen atoms in total. The number of carboxylic acid groups (broad SMARTS) is 1. The van der Waals surface area contributed by atoms with Gasteiger partial charge in [-0.05, 0) is 25.5 Å². The van der Waals surface area contributed by atoms with E-state index in [2.05, 4.69) is 9.97 Å². The van der Waals surface area contributed by atoms with E-state index in [1.54, 1.807) is 6.92 Å². The first-order chi connectivity index (χ1) is 14.1. The van der Waals surface area contributed by atoms with Crippen LogP contribution in [0, 0.1) is 25.5 Å². The third-order valence-corrected chi connectivity index (χ3v) is 4.31. The molecule has 0 aliphatic carbocycles. The zero-order valence-electron chi connectivity index (χ0n) is 16.1. The summed E-state index contributed by atoms with van der Waals surface area (Å²) in [5.41, 5.74) is -0.622. The molecule has 1 atom stereocenters. The number of carbonyl (C=O) groups excluding carboxylic acids is 1. The van der Waals surface area contributed by atoms with Crippen molar-refractivity contribution in [1.82, 2.24) is 14.5 Å². The maximum absolute atomic E-state index is 13.8. The minimum absolute atomic E-state index is 0.215. The summed E-state index contributed by atoms with van der Waals surface area (Å²) in [5.74, 6) is -3.73. The van der Waals surface area contributed by atoms with Gasteiger partial charge in [-0.25, -0.2) is 8.78 Å². The van der Waals surface area contributed by atoms with E-state index in [-0.39, 0.29) is 22.8 Å². The van der Waals surface area contributed by atoms with Gasteiger partial charge in [-0.15, -0.1) is 0 Å². The van der Waals surface area contributed by atoms with Crippen molar-refractivity contribution in [3.05, 3.63) is 80.2 Å². The van der Waals surface area contributed by atoms with Gasteiger partial charge < -0.3 is 14.6 Å². The first-order valence-electron chi connectivity index (χ1n) is 8.68. The van der Waals surface area contributed by atoms with Crippen LogP contribution in [-0.4, -0.2) is 20.5 Å². The van der Waals surface area contributed by atoms with E-state index in [4.69, 9.17) is 17.7 Å². The molecule has 1 unspecified atom stereocenters. The predicted molar refractivity (Wildman–Crippen MR) is 97.1 cm³/mol. The number of aromatic nitrogens is 3. The van der Waals surface area contributed by atoms with Crippen LogP contribution in [0.2, 0.25) is 5.02 Å². The van der Waals surface area contributed by atoms with Crippen molar-refractivity contribution in [3.63, 3.8) is 0 Å². The molecular weight excluding hydrogens is 408 g/mol. The van der Waals surface area contributed by atoms with Gasteiger partial charge in [-0.3, -0.25) is 19.3 Å². The van der Waals surface area contributed by atoms with Crippen LogP contribution in [0.25, 0.3) is 5.69 Å². The minimum Gasteiger partial charge on any atom is -0.543 e. The Kier molecular flexibility index (Phi) is 5.22. The van der Waals surface area contributed by atoms with E-state index in [1.165, 1.54) is 25.3 Å². The summed E-state index contributed by atoms with van der Waals surface area (Å²) in [4.78, 5) is 31.2. The number of ether oxygens (including phenoxy) is 1. The molecule has 0 N–H and O–H groups in total. The third kappa shape index (κ3) is 4.09. The average Bonchev–Trinajstić information content (AvgIpc) is 2.67. The Bertz CT molecular complexity index is 1220. The van der Waals surface area contributed by atoms with Crippen molar-refractivity contribution < 1.29 is 24.8 Å². The zero-order chi connectivity index (χ0) is 22.2. The van der Waals surface area contributed by atoms with Gasteiger partial charge in [0.1, 0.15) is 28.9 Å². The molecule has 0 bridgehead atoms. The molecule has 3 rings (SSSR count). The second-order valence-corrected chi connectivity index (χ2v) is 6.38. The fourth-order valence-electron chi connectivity index (χ4n) is 2.56. The minimum atomic E-state index is -1.72. The van der Waals surface area contributed by atoms with Crippen LogP contribution in [0.4, 0.5) is 8.78 Å². The van der Waals surface area contributed by atoms with E-state index in [0.29, 0.717) is 11.6 Å². The number of pyridine rings is 3. The zero-order valence-corrected chi connectivity index (χ0v) is 15.8. The smallest absolute Gasteiger partial charge is 0.277 e. The fraction of sp³-hybridized carbons (Fsp3) is 0.158. The topological polar surface area (TPSA) is 97.1 Å². The van der Waals surface area contributed by atoms with Gasteiger partial charge in [0, 0.05) is 24.0 Å². The standard InChI is InChI=1S/C19H14ClF2N3O4/c1-9-6-23-13(19(27)28)5-15(9)25-10(2)3-16(17(20)18(25)26)29-8-14-12(22)4-11(21)7-24-14/h3-7H,8H2,1-2H3,(H,27,28)/p-1/i8D. The number of hydrogen-bond donors (Lipinski definition) is 0. The molecule has 0 aliphatic rings. The lowest BCUT2D eigenvalue weighted by Gasteiger charge is -2.17. The van der Waals surface area contributed by atoms with Crippen molar-refractivity contribution >= 4 is 17.6 Å². The van der Waals surface area contributed by atoms with Crippen LogP contribution >= 0.6 is 11.6 Å². The summed E-state index contributed by atoms with van der Waals surface area (Å²) in [6.45, 7) is 1.43. The normalized spacial score (nSPS) is 12.4. The Labute approximate surface area is 169 Å². The highest BCUT2D eigenvalue weighted by molar-refractivity contribution is 6.31. The molecule has 0 fully saturated rings. The molecule has 150 valence electrons. The second kappa shape index (κ2) is 7.96. The van der Waals surface area contributed by atoms with Crippen molar-refractivity contribution in [3.8, 4) is 11.4 Å². The molecule has 0 radical (unpaired) electrons. The number of nitrogens with zero attached hydrogens (tertiary/aromatic N) is 3. The van der Waals surface area contributed by atoms with Gasteiger partial charge >= 0.3 is 0 Å². The molecule has 10 heteroatoms. The van der Waals surface area contributed by atoms with Gasteiger partial charge in [0.2, 0.25) is 0 Å². The third-order valence-electron chi connectivity index (χ3n) is 3.96. The Morgan fingerprint density at radius 2 is 2.00 bits per heavy atom. The lowest BCUT2D eigenvalue weighted by atomic mass is 10.2. The van der Waals surface area contributed by atoms with Gasteiger partial charge in [0.05, 0.1) is 24.9 Å². The summed E-state index contributed by atoms with van der Waals surface area (Å²) >= 11 is 6.11. The highest BCUT2D eigenvalue weighted by Gasteiger charge is 2.17. The van der Waals surface area contributed by atoms with Crippen molar-refractivity contribution in [1.29, 1.82) is 0 Å². The first kappa shape index (κ1) is 19.0. The largest absolute Gasteiger partial charge is 0.543 e. The molecule has 3 aromatic heterocycles. The molecule has 0 saturated heterocycles. The predicted octanol–water partition coefficient (Wildman–Crippen LogP) is 2.12. The molecule has 0 spiro atoms. The molecule has 0 aliphatic heterocycles. The molecule has 3 heterocycles. The highest BCUT2D eigenvalue weighted by atomic mass is 35.5. The Hall–Kier alpha value is -3.33. The number of rotatable bonds is 5. The number of aryl methyl sites for hydroxylation is 2. The number of hydrogen-bond acceptors (Lipinski definition) is 6. The van der Waals surface area contributed by atoms with Crippen molar-refractivity contribution in [2.75, 3.05) is 0 Å². The number of carbonyl (C=O) groups is 1. The summed E-state index contributed by atoms with van der Waals surface area (Å²) in [5, 5.41) is 10.7. The van der Waals surface area contributed by atoms with Crippen molar-refractivity contribution in [2.45, 2.75) is 20.4 Å². The van der Waals surface area contributed by atoms with E-state index in [1.807, 2.05) is 0 Å². The lowest BCUT2D eigenvalue weighted by Crippen LogP contribution is -2.26. The van der Waals surface area contributed by atoms with E-state index < -0.39 is 40.5 Å². The van der Waals surface area contributed by atoms with Gasteiger partial charge in [0.25, 0.3) is 5.56 Å². The number of carboxylic acids is 1. The van der Waals surface area contributed by atoms with Crippen molar-refractivity contribution in [2.24, 2.45) is 0 Å². The molecule has 0 amide bonds.